The number of rotatable bonds is 1. The van der Waals surface area contributed by atoms with Crippen molar-refractivity contribution in [2.75, 3.05) is 0 Å². The molecule has 1 unspecified atom stereocenters. The first-order valence-electron chi connectivity index (χ1n) is 6.04. The molecule has 1 heterocycles. The molecular formula is C16H13NO. The molecule has 1 aliphatic rings. The SMILES string of the molecule is Cc1cccc2c1C(CC#N)Oc1ccccc1-2. The van der Waals surface area contributed by atoms with E-state index in [4.69, 9.17) is 10.00 Å². The summed E-state index contributed by atoms with van der Waals surface area (Å²) in [5.74, 6) is 0.871. The van der Waals surface area contributed by atoms with Crippen molar-refractivity contribution in [1.29, 1.82) is 5.26 Å². The minimum atomic E-state index is -0.152. The van der Waals surface area contributed by atoms with Crippen LogP contribution in [0.15, 0.2) is 42.5 Å². The van der Waals surface area contributed by atoms with Crippen LogP contribution in [0.2, 0.25) is 0 Å². The molecule has 0 radical (unpaired) electrons. The summed E-state index contributed by atoms with van der Waals surface area (Å²) in [5, 5.41) is 8.95. The lowest BCUT2D eigenvalue weighted by molar-refractivity contribution is 0.207. The van der Waals surface area contributed by atoms with Gasteiger partial charge in [0.25, 0.3) is 0 Å². The van der Waals surface area contributed by atoms with E-state index in [0.29, 0.717) is 6.42 Å². The van der Waals surface area contributed by atoms with Crippen molar-refractivity contribution >= 4 is 0 Å². The maximum Gasteiger partial charge on any atom is 0.138 e. The van der Waals surface area contributed by atoms with Gasteiger partial charge in [-0.3, -0.25) is 0 Å². The molecule has 0 saturated heterocycles. The van der Waals surface area contributed by atoms with Gasteiger partial charge in [0.05, 0.1) is 12.5 Å². The summed E-state index contributed by atoms with van der Waals surface area (Å²) in [7, 11) is 0. The maximum atomic E-state index is 8.95. The molecule has 1 atom stereocenters. The van der Waals surface area contributed by atoms with Gasteiger partial charge in [-0.25, -0.2) is 0 Å². The molecule has 88 valence electrons. The first-order chi connectivity index (χ1) is 8.81. The van der Waals surface area contributed by atoms with Crippen molar-refractivity contribution in [3.63, 3.8) is 0 Å². The Labute approximate surface area is 106 Å². The second-order valence-electron chi connectivity index (χ2n) is 4.50. The van der Waals surface area contributed by atoms with E-state index >= 15 is 0 Å². The molecule has 2 heteroatoms. The van der Waals surface area contributed by atoms with Gasteiger partial charge in [0.1, 0.15) is 11.9 Å². The van der Waals surface area contributed by atoms with E-state index < -0.39 is 0 Å². The normalized spacial score (nSPS) is 16.1. The standard InChI is InChI=1S/C16H13NO/c1-11-5-4-7-13-12-6-2-3-8-14(12)18-15(9-10-17)16(11)13/h2-8,15H,9H2,1H3. The zero-order valence-electron chi connectivity index (χ0n) is 10.2. The molecule has 18 heavy (non-hydrogen) atoms. The number of fused-ring (bicyclic) bond motifs is 3. The van der Waals surface area contributed by atoms with E-state index in [2.05, 4.69) is 37.3 Å². The second kappa shape index (κ2) is 4.19. The molecule has 0 amide bonds. The van der Waals surface area contributed by atoms with Crippen LogP contribution in [0.5, 0.6) is 5.75 Å². The smallest absolute Gasteiger partial charge is 0.138 e. The van der Waals surface area contributed by atoms with Crippen LogP contribution in [-0.2, 0) is 0 Å². The lowest BCUT2D eigenvalue weighted by Crippen LogP contribution is -2.15. The van der Waals surface area contributed by atoms with Crippen molar-refractivity contribution in [3.05, 3.63) is 53.6 Å². The van der Waals surface area contributed by atoms with Crippen LogP contribution in [-0.4, -0.2) is 0 Å². The van der Waals surface area contributed by atoms with Gasteiger partial charge in [0.15, 0.2) is 0 Å². The Kier molecular flexibility index (Phi) is 2.53. The highest BCUT2D eigenvalue weighted by molar-refractivity contribution is 5.76. The number of aryl methyl sites for hydroxylation is 1. The highest BCUT2D eigenvalue weighted by atomic mass is 16.5. The average molecular weight is 235 g/mol. The molecule has 3 rings (SSSR count). The maximum absolute atomic E-state index is 8.95. The zero-order chi connectivity index (χ0) is 12.5. The van der Waals surface area contributed by atoms with Crippen LogP contribution in [0.4, 0.5) is 0 Å². The molecule has 2 nitrogen and oxygen atoms in total. The number of para-hydroxylation sites is 1. The Morgan fingerprint density at radius 2 is 1.89 bits per heavy atom. The molecule has 1 aliphatic heterocycles. The Balaban J connectivity index is 2.25. The van der Waals surface area contributed by atoms with Crippen LogP contribution >= 0.6 is 0 Å². The van der Waals surface area contributed by atoms with E-state index in [-0.39, 0.29) is 6.10 Å². The Morgan fingerprint density at radius 1 is 1.11 bits per heavy atom. The molecule has 0 aliphatic carbocycles. The van der Waals surface area contributed by atoms with Crippen molar-refractivity contribution in [2.45, 2.75) is 19.4 Å². The van der Waals surface area contributed by atoms with E-state index in [0.717, 1.165) is 16.9 Å². The summed E-state index contributed by atoms with van der Waals surface area (Å²) in [4.78, 5) is 0. The minimum absolute atomic E-state index is 0.152. The average Bonchev–Trinajstić information content (AvgIpc) is 2.39. The van der Waals surface area contributed by atoms with Gasteiger partial charge in [-0.2, -0.15) is 5.26 Å². The molecule has 2 aromatic rings. The largest absolute Gasteiger partial charge is 0.484 e. The van der Waals surface area contributed by atoms with Crippen molar-refractivity contribution in [2.24, 2.45) is 0 Å². The van der Waals surface area contributed by atoms with Crippen LogP contribution in [0.25, 0.3) is 11.1 Å². The quantitative estimate of drug-likeness (QED) is 0.748. The van der Waals surface area contributed by atoms with Crippen LogP contribution < -0.4 is 4.74 Å². The number of nitriles is 1. The number of ether oxygens (including phenoxy) is 1. The first kappa shape index (κ1) is 10.9. The Bertz CT molecular complexity index is 640. The topological polar surface area (TPSA) is 33.0 Å². The van der Waals surface area contributed by atoms with E-state index in [1.54, 1.807) is 0 Å². The third kappa shape index (κ3) is 1.56. The summed E-state index contributed by atoms with van der Waals surface area (Å²) in [6, 6.07) is 16.4. The van der Waals surface area contributed by atoms with E-state index in [1.807, 2.05) is 18.2 Å². The van der Waals surface area contributed by atoms with Gasteiger partial charge in [0, 0.05) is 11.1 Å². The number of hydrogen-bond acceptors (Lipinski definition) is 2. The fourth-order valence-electron chi connectivity index (χ4n) is 2.57. The lowest BCUT2D eigenvalue weighted by atomic mass is 9.89. The minimum Gasteiger partial charge on any atom is -0.484 e. The fraction of sp³-hybridized carbons (Fsp3) is 0.188. The summed E-state index contributed by atoms with van der Waals surface area (Å²) in [5.41, 5.74) is 4.64. The molecule has 0 saturated carbocycles. The van der Waals surface area contributed by atoms with Crippen LogP contribution in [0.3, 0.4) is 0 Å². The fourth-order valence-corrected chi connectivity index (χ4v) is 2.57. The van der Waals surface area contributed by atoms with Crippen molar-refractivity contribution < 1.29 is 4.74 Å². The third-order valence-corrected chi connectivity index (χ3v) is 3.37. The van der Waals surface area contributed by atoms with Gasteiger partial charge in [-0.1, -0.05) is 36.4 Å². The number of hydrogen-bond donors (Lipinski definition) is 0. The Morgan fingerprint density at radius 3 is 2.72 bits per heavy atom. The molecular weight excluding hydrogens is 222 g/mol. The molecule has 0 spiro atoms. The molecule has 0 N–H and O–H groups in total. The predicted octanol–water partition coefficient (Wildman–Crippen LogP) is 4.01. The van der Waals surface area contributed by atoms with Gasteiger partial charge in [0.2, 0.25) is 0 Å². The molecule has 0 fully saturated rings. The molecule has 0 bridgehead atoms. The van der Waals surface area contributed by atoms with Gasteiger partial charge >= 0.3 is 0 Å². The van der Waals surface area contributed by atoms with E-state index in [1.165, 1.54) is 11.1 Å². The highest BCUT2D eigenvalue weighted by Crippen LogP contribution is 2.44. The lowest BCUT2D eigenvalue weighted by Gasteiger charge is -2.28. The van der Waals surface area contributed by atoms with Crippen LogP contribution in [0, 0.1) is 18.3 Å². The first-order valence-corrected chi connectivity index (χ1v) is 6.04. The Hall–Kier alpha value is -2.27. The summed E-state index contributed by atoms with van der Waals surface area (Å²) < 4.78 is 5.96. The summed E-state index contributed by atoms with van der Waals surface area (Å²) in [6.45, 7) is 2.07. The third-order valence-electron chi connectivity index (χ3n) is 3.37. The van der Waals surface area contributed by atoms with Gasteiger partial charge < -0.3 is 4.74 Å². The summed E-state index contributed by atoms with van der Waals surface area (Å²) in [6.07, 6.45) is 0.229. The van der Waals surface area contributed by atoms with Gasteiger partial charge in [-0.05, 0) is 24.1 Å². The van der Waals surface area contributed by atoms with Crippen LogP contribution in [0.1, 0.15) is 23.7 Å². The monoisotopic (exact) mass is 235 g/mol. The summed E-state index contributed by atoms with van der Waals surface area (Å²) >= 11 is 0. The zero-order valence-corrected chi connectivity index (χ0v) is 10.2. The highest BCUT2D eigenvalue weighted by Gasteiger charge is 2.26. The number of nitrogens with zero attached hydrogens (tertiary/aromatic N) is 1. The number of benzene rings is 2. The predicted molar refractivity (Wildman–Crippen MR) is 70.2 cm³/mol. The van der Waals surface area contributed by atoms with E-state index in [9.17, 15) is 0 Å². The molecule has 2 aromatic carbocycles. The van der Waals surface area contributed by atoms with Crippen molar-refractivity contribution in [1.82, 2.24) is 0 Å². The van der Waals surface area contributed by atoms with Gasteiger partial charge in [-0.15, -0.1) is 0 Å². The second-order valence-corrected chi connectivity index (χ2v) is 4.50. The van der Waals surface area contributed by atoms with Crippen molar-refractivity contribution in [3.8, 4) is 22.9 Å². The molecule has 0 aromatic heterocycles.